The highest BCUT2D eigenvalue weighted by Crippen LogP contribution is 2.21. The first-order valence-corrected chi connectivity index (χ1v) is 11.4. The molecule has 0 radical (unpaired) electrons. The molecule has 0 saturated carbocycles. The summed E-state index contributed by atoms with van der Waals surface area (Å²) in [6.45, 7) is 5.00. The molecular weight excluding hydrogens is 364 g/mol. The summed E-state index contributed by atoms with van der Waals surface area (Å²) in [6.07, 6.45) is 0.365. The summed E-state index contributed by atoms with van der Waals surface area (Å²) < 4.78 is 49.7. The number of sulfone groups is 1. The van der Waals surface area contributed by atoms with Crippen LogP contribution in [0.1, 0.15) is 24.5 Å². The highest BCUT2D eigenvalue weighted by Gasteiger charge is 2.31. The molecule has 1 aromatic rings. The Morgan fingerprint density at radius 3 is 2.56 bits per heavy atom. The number of aryl methyl sites for hydroxylation is 2. The smallest absolute Gasteiger partial charge is 0.243 e. The maximum absolute atomic E-state index is 12.9. The van der Waals surface area contributed by atoms with E-state index in [-0.39, 0.29) is 29.5 Å². The quantitative estimate of drug-likeness (QED) is 0.770. The van der Waals surface area contributed by atoms with Crippen LogP contribution in [-0.4, -0.2) is 57.7 Å². The molecule has 1 N–H and O–H groups in total. The summed E-state index contributed by atoms with van der Waals surface area (Å²) >= 11 is 0. The van der Waals surface area contributed by atoms with Gasteiger partial charge >= 0.3 is 0 Å². The van der Waals surface area contributed by atoms with E-state index in [2.05, 4.69) is 5.32 Å². The van der Waals surface area contributed by atoms with Crippen molar-refractivity contribution in [2.45, 2.75) is 38.1 Å². The van der Waals surface area contributed by atoms with Gasteiger partial charge in [-0.3, -0.25) is 4.79 Å². The summed E-state index contributed by atoms with van der Waals surface area (Å²) in [5, 5.41) is 2.62. The van der Waals surface area contributed by atoms with Crippen LogP contribution in [0, 0.1) is 13.8 Å². The Kier molecular flexibility index (Phi) is 5.90. The lowest BCUT2D eigenvalue weighted by molar-refractivity contribution is -0.121. The van der Waals surface area contributed by atoms with Crippen LogP contribution >= 0.6 is 0 Å². The third-order valence-electron chi connectivity index (χ3n) is 4.23. The molecule has 0 bridgehead atoms. The van der Waals surface area contributed by atoms with E-state index in [1.54, 1.807) is 26.0 Å². The lowest BCUT2D eigenvalue weighted by Crippen LogP contribution is -2.44. The minimum atomic E-state index is -3.80. The zero-order valence-corrected chi connectivity index (χ0v) is 16.3. The molecule has 25 heavy (non-hydrogen) atoms. The normalized spacial score (nSPS) is 19.9. The molecule has 1 amide bonds. The maximum atomic E-state index is 12.9. The molecule has 1 aliphatic heterocycles. The number of hydrogen-bond donors (Lipinski definition) is 1. The number of nitrogens with one attached hydrogen (secondary N) is 1. The van der Waals surface area contributed by atoms with Crippen LogP contribution in [0.3, 0.4) is 0 Å². The number of amides is 1. The van der Waals surface area contributed by atoms with Crippen LogP contribution in [0.2, 0.25) is 0 Å². The number of rotatable bonds is 6. The molecule has 1 fully saturated rings. The van der Waals surface area contributed by atoms with Crippen molar-refractivity contribution in [2.75, 3.05) is 24.6 Å². The third-order valence-corrected chi connectivity index (χ3v) is 8.06. The fourth-order valence-electron chi connectivity index (χ4n) is 2.83. The second-order valence-corrected chi connectivity index (χ2v) is 10.5. The Hall–Kier alpha value is -1.45. The van der Waals surface area contributed by atoms with Crippen molar-refractivity contribution in [3.8, 4) is 0 Å². The first-order chi connectivity index (χ1) is 11.5. The Morgan fingerprint density at radius 1 is 1.32 bits per heavy atom. The number of nitrogens with zero attached hydrogens (tertiary/aromatic N) is 1. The number of likely N-dealkylation sites (N-methyl/N-ethyl adjacent to an activating group) is 1. The number of benzene rings is 1. The van der Waals surface area contributed by atoms with Gasteiger partial charge in [-0.15, -0.1) is 0 Å². The molecule has 1 aromatic carbocycles. The van der Waals surface area contributed by atoms with Crippen LogP contribution in [0.15, 0.2) is 23.1 Å². The predicted octanol–water partition coefficient (Wildman–Crippen LogP) is 0.617. The fraction of sp³-hybridized carbons (Fsp3) is 0.562. The van der Waals surface area contributed by atoms with E-state index < -0.39 is 31.8 Å². The third kappa shape index (κ3) is 4.80. The van der Waals surface area contributed by atoms with Gasteiger partial charge in [-0.1, -0.05) is 19.1 Å². The largest absolute Gasteiger partial charge is 0.351 e. The molecule has 140 valence electrons. The van der Waals surface area contributed by atoms with E-state index in [4.69, 9.17) is 0 Å². The fourth-order valence-corrected chi connectivity index (χ4v) is 6.22. The first kappa shape index (κ1) is 19.9. The zero-order chi connectivity index (χ0) is 18.8. The molecule has 0 spiro atoms. The van der Waals surface area contributed by atoms with Crippen molar-refractivity contribution in [3.63, 3.8) is 0 Å². The number of carbonyl (C=O) groups is 1. The average Bonchev–Trinajstić information content (AvgIpc) is 2.85. The van der Waals surface area contributed by atoms with Gasteiger partial charge in [-0.25, -0.2) is 16.8 Å². The summed E-state index contributed by atoms with van der Waals surface area (Å²) in [7, 11) is -6.91. The van der Waals surface area contributed by atoms with Gasteiger partial charge in [-0.05, 0) is 37.5 Å². The minimum Gasteiger partial charge on any atom is -0.351 e. The number of hydrogen-bond acceptors (Lipinski definition) is 5. The van der Waals surface area contributed by atoms with Crippen LogP contribution < -0.4 is 5.32 Å². The van der Waals surface area contributed by atoms with Crippen molar-refractivity contribution in [3.05, 3.63) is 29.3 Å². The first-order valence-electron chi connectivity index (χ1n) is 8.12. The molecule has 1 aliphatic rings. The predicted molar refractivity (Wildman–Crippen MR) is 95.6 cm³/mol. The Bertz CT molecular complexity index is 863. The molecule has 1 saturated heterocycles. The molecule has 1 heterocycles. The van der Waals surface area contributed by atoms with Gasteiger partial charge in [-0.2, -0.15) is 4.31 Å². The van der Waals surface area contributed by atoms with Gasteiger partial charge in [0, 0.05) is 12.6 Å². The Labute approximate surface area is 149 Å². The summed E-state index contributed by atoms with van der Waals surface area (Å²) in [5.74, 6) is -0.525. The van der Waals surface area contributed by atoms with E-state index in [1.165, 1.54) is 0 Å². The molecular formula is C16H24N2O5S2. The molecule has 9 heteroatoms. The second kappa shape index (κ2) is 7.43. The number of sulfonamides is 1. The van der Waals surface area contributed by atoms with Gasteiger partial charge in [0.1, 0.15) is 0 Å². The summed E-state index contributed by atoms with van der Waals surface area (Å²) in [4.78, 5) is 12.4. The molecule has 2 rings (SSSR count). The molecule has 7 nitrogen and oxygen atoms in total. The van der Waals surface area contributed by atoms with E-state index in [9.17, 15) is 21.6 Å². The molecule has 0 aromatic heterocycles. The van der Waals surface area contributed by atoms with Gasteiger partial charge < -0.3 is 5.32 Å². The van der Waals surface area contributed by atoms with Gasteiger partial charge in [0.15, 0.2) is 9.84 Å². The zero-order valence-electron chi connectivity index (χ0n) is 14.6. The van der Waals surface area contributed by atoms with Crippen molar-refractivity contribution >= 4 is 25.8 Å². The SMILES string of the molecule is CCN(CC(=O)N[C@@H]1CCS(=O)(=O)C1)S(=O)(=O)c1cc(C)ccc1C. The van der Waals surface area contributed by atoms with Crippen molar-refractivity contribution in [2.24, 2.45) is 0 Å². The summed E-state index contributed by atoms with van der Waals surface area (Å²) in [6, 6.07) is 4.71. The monoisotopic (exact) mass is 388 g/mol. The lowest BCUT2D eigenvalue weighted by Gasteiger charge is -2.22. The van der Waals surface area contributed by atoms with E-state index >= 15 is 0 Å². The van der Waals surface area contributed by atoms with Gasteiger partial charge in [0.25, 0.3) is 0 Å². The topological polar surface area (TPSA) is 101 Å². The second-order valence-electron chi connectivity index (χ2n) is 6.37. The Balaban J connectivity index is 2.13. The minimum absolute atomic E-state index is 0.0518. The molecule has 0 aliphatic carbocycles. The standard InChI is InChI=1S/C16H24N2O5S2/c1-4-18(10-16(19)17-14-7-8-24(20,21)11-14)25(22,23)15-9-12(2)5-6-13(15)3/h5-6,9,14H,4,7-8,10-11H2,1-3H3,(H,17,19)/t14-/m1/s1. The van der Waals surface area contributed by atoms with Crippen LogP contribution in [-0.2, 0) is 24.7 Å². The molecule has 1 atom stereocenters. The van der Waals surface area contributed by atoms with Crippen molar-refractivity contribution in [1.82, 2.24) is 9.62 Å². The number of carbonyl (C=O) groups excluding carboxylic acids is 1. The van der Waals surface area contributed by atoms with Crippen molar-refractivity contribution in [1.29, 1.82) is 0 Å². The Morgan fingerprint density at radius 2 is 2.00 bits per heavy atom. The van der Waals surface area contributed by atoms with Crippen molar-refractivity contribution < 1.29 is 21.6 Å². The average molecular weight is 389 g/mol. The lowest BCUT2D eigenvalue weighted by atomic mass is 10.2. The van der Waals surface area contributed by atoms with Crippen LogP contribution in [0.25, 0.3) is 0 Å². The van der Waals surface area contributed by atoms with Crippen LogP contribution in [0.4, 0.5) is 0 Å². The summed E-state index contributed by atoms with van der Waals surface area (Å²) in [5.41, 5.74) is 1.44. The van der Waals surface area contributed by atoms with E-state index in [0.717, 1.165) is 9.87 Å². The van der Waals surface area contributed by atoms with Gasteiger partial charge in [0.05, 0.1) is 22.9 Å². The van der Waals surface area contributed by atoms with E-state index in [1.807, 2.05) is 13.0 Å². The van der Waals surface area contributed by atoms with Gasteiger partial charge in [0.2, 0.25) is 15.9 Å². The van der Waals surface area contributed by atoms with E-state index in [0.29, 0.717) is 12.0 Å². The molecule has 0 unspecified atom stereocenters. The highest BCUT2D eigenvalue weighted by atomic mass is 32.2. The maximum Gasteiger partial charge on any atom is 0.243 e. The van der Waals surface area contributed by atoms with Crippen LogP contribution in [0.5, 0.6) is 0 Å². The highest BCUT2D eigenvalue weighted by molar-refractivity contribution is 7.91.